The van der Waals surface area contributed by atoms with E-state index in [1.165, 1.54) is 22.7 Å². The van der Waals surface area contributed by atoms with Gasteiger partial charge >= 0.3 is 0 Å². The standard InChI is InChI=1S/C23H26N4O5S2/c1-3-29-16(20-18(26-22(24)33-20)14-7-5-9-31-14)11-13(28)12-17(30-4-2)21-19(27-23(25)34-21)15-8-6-10-32-15/h5-10,16-17H,3-4,11-12H2,1-2H3,(H2,24,26)(H2,25,27). The van der Waals surface area contributed by atoms with Crippen LogP contribution in [0, 0.1) is 0 Å². The predicted octanol–water partition coefficient (Wildman–Crippen LogP) is 5.49. The highest BCUT2D eigenvalue weighted by atomic mass is 32.1. The third-order valence-corrected chi connectivity index (χ3v) is 6.95. The SMILES string of the molecule is CCOC(CC(=O)CC(OCC)c1sc(N)nc1-c1ccco1)c1sc(N)nc1-c1ccco1. The van der Waals surface area contributed by atoms with Gasteiger partial charge in [-0.2, -0.15) is 0 Å². The molecular weight excluding hydrogens is 476 g/mol. The largest absolute Gasteiger partial charge is 0.463 e. The number of ketones is 1. The van der Waals surface area contributed by atoms with Gasteiger partial charge in [0.25, 0.3) is 0 Å². The molecule has 0 fully saturated rings. The van der Waals surface area contributed by atoms with Crippen LogP contribution in [-0.2, 0) is 14.3 Å². The van der Waals surface area contributed by atoms with Gasteiger partial charge < -0.3 is 29.8 Å². The number of hydrogen-bond acceptors (Lipinski definition) is 11. The summed E-state index contributed by atoms with van der Waals surface area (Å²) in [6, 6.07) is 7.16. The van der Waals surface area contributed by atoms with Crippen LogP contribution < -0.4 is 11.5 Å². The van der Waals surface area contributed by atoms with E-state index in [2.05, 4.69) is 9.97 Å². The van der Waals surface area contributed by atoms with Crippen LogP contribution in [0.1, 0.15) is 48.7 Å². The molecule has 34 heavy (non-hydrogen) atoms. The Hall–Kier alpha value is -2.99. The average molecular weight is 503 g/mol. The molecule has 4 aromatic heterocycles. The fourth-order valence-corrected chi connectivity index (χ4v) is 5.44. The molecular formula is C23H26N4O5S2. The number of nitrogen functional groups attached to an aromatic ring is 2. The topological polar surface area (TPSA) is 140 Å². The van der Waals surface area contributed by atoms with Crippen LogP contribution in [0.2, 0.25) is 0 Å². The van der Waals surface area contributed by atoms with E-state index in [1.54, 1.807) is 36.8 Å². The van der Waals surface area contributed by atoms with Crippen LogP contribution in [0.4, 0.5) is 10.3 Å². The lowest BCUT2D eigenvalue weighted by Crippen LogP contribution is -2.15. The van der Waals surface area contributed by atoms with Gasteiger partial charge in [-0.15, -0.1) is 0 Å². The second-order valence-corrected chi connectivity index (χ2v) is 9.44. The molecule has 0 aliphatic rings. The summed E-state index contributed by atoms with van der Waals surface area (Å²) in [5.74, 6) is 1.12. The highest BCUT2D eigenvalue weighted by Crippen LogP contribution is 2.40. The number of carbonyl (C=O) groups is 1. The number of carbonyl (C=O) groups excluding carboxylic acids is 1. The number of rotatable bonds is 12. The van der Waals surface area contributed by atoms with Crippen molar-refractivity contribution in [1.82, 2.24) is 9.97 Å². The van der Waals surface area contributed by atoms with E-state index < -0.39 is 12.2 Å². The fourth-order valence-electron chi connectivity index (χ4n) is 3.67. The van der Waals surface area contributed by atoms with Gasteiger partial charge in [-0.25, -0.2) is 9.97 Å². The van der Waals surface area contributed by atoms with Gasteiger partial charge in [0.05, 0.1) is 22.3 Å². The third kappa shape index (κ3) is 5.39. The first-order valence-corrected chi connectivity index (χ1v) is 12.5. The number of thiazole rings is 2. The molecule has 2 atom stereocenters. The van der Waals surface area contributed by atoms with Crippen molar-refractivity contribution in [2.45, 2.75) is 38.9 Å². The monoisotopic (exact) mass is 502 g/mol. The molecule has 0 amide bonds. The molecule has 4 N–H and O–H groups in total. The van der Waals surface area contributed by atoms with Crippen molar-refractivity contribution in [3.8, 4) is 22.9 Å². The van der Waals surface area contributed by atoms with Crippen molar-refractivity contribution in [1.29, 1.82) is 0 Å². The van der Waals surface area contributed by atoms with Gasteiger partial charge in [-0.05, 0) is 38.1 Å². The van der Waals surface area contributed by atoms with E-state index >= 15 is 0 Å². The average Bonchev–Trinajstić information content (AvgIpc) is 3.59. The molecule has 0 saturated heterocycles. The highest BCUT2D eigenvalue weighted by molar-refractivity contribution is 7.16. The molecule has 180 valence electrons. The van der Waals surface area contributed by atoms with Crippen molar-refractivity contribution in [2.75, 3.05) is 24.7 Å². The first-order valence-electron chi connectivity index (χ1n) is 10.8. The maximum atomic E-state index is 13.3. The van der Waals surface area contributed by atoms with E-state index in [9.17, 15) is 4.79 Å². The number of aromatic nitrogens is 2. The van der Waals surface area contributed by atoms with Gasteiger partial charge in [0.2, 0.25) is 0 Å². The summed E-state index contributed by atoms with van der Waals surface area (Å²) in [4.78, 5) is 23.6. The Morgan fingerprint density at radius 3 is 1.68 bits per heavy atom. The first-order chi connectivity index (χ1) is 16.5. The minimum absolute atomic E-state index is 0.0355. The molecule has 0 saturated carbocycles. The van der Waals surface area contributed by atoms with Crippen molar-refractivity contribution in [2.24, 2.45) is 0 Å². The Labute approximate surface area is 204 Å². The lowest BCUT2D eigenvalue weighted by molar-refractivity contribution is -0.124. The first kappa shape index (κ1) is 24.1. The van der Waals surface area contributed by atoms with E-state index in [0.29, 0.717) is 46.4 Å². The lowest BCUT2D eigenvalue weighted by Gasteiger charge is -2.19. The molecule has 0 radical (unpaired) electrons. The Kier molecular flexibility index (Phi) is 7.78. The van der Waals surface area contributed by atoms with Gasteiger partial charge in [0, 0.05) is 26.1 Å². The zero-order valence-electron chi connectivity index (χ0n) is 18.9. The van der Waals surface area contributed by atoms with Crippen LogP contribution >= 0.6 is 22.7 Å². The van der Waals surface area contributed by atoms with Crippen LogP contribution in [-0.4, -0.2) is 29.0 Å². The molecule has 4 rings (SSSR count). The zero-order chi connectivity index (χ0) is 24.1. The zero-order valence-corrected chi connectivity index (χ0v) is 20.5. The maximum Gasteiger partial charge on any atom is 0.181 e. The Bertz CT molecular complexity index is 1110. The van der Waals surface area contributed by atoms with Crippen molar-refractivity contribution in [3.05, 3.63) is 46.5 Å². The number of ether oxygens (including phenoxy) is 2. The minimum Gasteiger partial charge on any atom is -0.463 e. The Balaban J connectivity index is 1.56. The van der Waals surface area contributed by atoms with Gasteiger partial charge in [-0.1, -0.05) is 22.7 Å². The Morgan fingerprint density at radius 1 is 0.882 bits per heavy atom. The molecule has 0 aromatic carbocycles. The molecule has 11 heteroatoms. The number of hydrogen-bond donors (Lipinski definition) is 2. The van der Waals surface area contributed by atoms with Gasteiger partial charge in [0.1, 0.15) is 29.4 Å². The molecule has 4 heterocycles. The summed E-state index contributed by atoms with van der Waals surface area (Å²) in [5.41, 5.74) is 13.2. The summed E-state index contributed by atoms with van der Waals surface area (Å²) in [6.07, 6.45) is 2.39. The number of Topliss-reactive ketones (excluding diaryl/α,β-unsaturated/α-hetero) is 1. The highest BCUT2D eigenvalue weighted by Gasteiger charge is 2.29. The van der Waals surface area contributed by atoms with Crippen molar-refractivity contribution < 1.29 is 23.1 Å². The van der Waals surface area contributed by atoms with Crippen molar-refractivity contribution >= 4 is 38.7 Å². The number of furan rings is 2. The molecule has 4 aromatic rings. The lowest BCUT2D eigenvalue weighted by atomic mass is 10.0. The minimum atomic E-state index is -0.509. The fraction of sp³-hybridized carbons (Fsp3) is 0.348. The summed E-state index contributed by atoms with van der Waals surface area (Å²) in [5, 5.41) is 0.767. The molecule has 0 bridgehead atoms. The summed E-state index contributed by atoms with van der Waals surface area (Å²) in [6.45, 7) is 4.62. The summed E-state index contributed by atoms with van der Waals surface area (Å²) in [7, 11) is 0. The number of anilines is 2. The molecule has 0 aliphatic heterocycles. The molecule has 0 aliphatic carbocycles. The van der Waals surface area contributed by atoms with Gasteiger partial charge in [0.15, 0.2) is 21.8 Å². The second kappa shape index (κ2) is 11.0. The van der Waals surface area contributed by atoms with E-state index in [4.69, 9.17) is 29.8 Å². The Morgan fingerprint density at radius 2 is 1.32 bits per heavy atom. The van der Waals surface area contributed by atoms with Crippen LogP contribution in [0.3, 0.4) is 0 Å². The van der Waals surface area contributed by atoms with E-state index in [1.807, 2.05) is 13.8 Å². The van der Waals surface area contributed by atoms with Crippen LogP contribution in [0.5, 0.6) is 0 Å². The van der Waals surface area contributed by atoms with Crippen LogP contribution in [0.25, 0.3) is 22.9 Å². The molecule has 2 unspecified atom stereocenters. The van der Waals surface area contributed by atoms with E-state index in [0.717, 1.165) is 9.75 Å². The third-order valence-electron chi connectivity index (χ3n) is 5.00. The summed E-state index contributed by atoms with van der Waals surface area (Å²) < 4.78 is 22.9. The van der Waals surface area contributed by atoms with Crippen LogP contribution in [0.15, 0.2) is 45.6 Å². The van der Waals surface area contributed by atoms with E-state index in [-0.39, 0.29) is 18.6 Å². The second-order valence-electron chi connectivity index (χ2n) is 7.32. The smallest absolute Gasteiger partial charge is 0.181 e. The normalized spacial score (nSPS) is 13.2. The number of nitrogens with two attached hydrogens (primary N) is 2. The van der Waals surface area contributed by atoms with Gasteiger partial charge in [-0.3, -0.25) is 4.79 Å². The van der Waals surface area contributed by atoms with Crippen molar-refractivity contribution in [3.63, 3.8) is 0 Å². The quantitative estimate of drug-likeness (QED) is 0.257. The number of nitrogens with zero attached hydrogens (tertiary/aromatic N) is 2. The summed E-state index contributed by atoms with van der Waals surface area (Å²) >= 11 is 2.59. The molecule has 9 nitrogen and oxygen atoms in total. The maximum absolute atomic E-state index is 13.3. The predicted molar refractivity (Wildman–Crippen MR) is 131 cm³/mol. The molecule has 0 spiro atoms.